The predicted molar refractivity (Wildman–Crippen MR) is 76.6 cm³/mol. The van der Waals surface area contributed by atoms with Crippen molar-refractivity contribution in [2.75, 3.05) is 10.0 Å². The van der Waals surface area contributed by atoms with Crippen LogP contribution in [0.2, 0.25) is 5.15 Å². The van der Waals surface area contributed by atoms with E-state index in [1.807, 2.05) is 0 Å². The van der Waals surface area contributed by atoms with Crippen LogP contribution in [0.25, 0.3) is 0 Å². The highest BCUT2D eigenvalue weighted by atomic mass is 35.5. The van der Waals surface area contributed by atoms with Crippen molar-refractivity contribution in [3.8, 4) is 0 Å². The number of hydrogen-bond donors (Lipinski definition) is 2. The van der Waals surface area contributed by atoms with Crippen LogP contribution in [0.5, 0.6) is 0 Å². The zero-order valence-corrected chi connectivity index (χ0v) is 12.1. The van der Waals surface area contributed by atoms with Crippen molar-refractivity contribution < 1.29 is 13.2 Å². The number of benzene rings is 1. The highest BCUT2D eigenvalue weighted by Crippen LogP contribution is 2.26. The molecule has 2 aromatic rings. The molecule has 0 aliphatic carbocycles. The standard InChI is InChI=1S/C12H9ClN4O3S/c13-10-5-14-6-11(16-10)17-21(19,20)8-1-2-9-7(3-8)4-12(18)15-9/h1-3,5-6H,4H2,(H,15,18)(H,16,17). The maximum absolute atomic E-state index is 12.3. The molecule has 0 radical (unpaired) electrons. The van der Waals surface area contributed by atoms with E-state index in [1.165, 1.54) is 24.5 Å². The van der Waals surface area contributed by atoms with E-state index in [4.69, 9.17) is 11.6 Å². The molecule has 0 spiro atoms. The lowest BCUT2D eigenvalue weighted by Gasteiger charge is -2.08. The van der Waals surface area contributed by atoms with Gasteiger partial charge in [-0.2, -0.15) is 0 Å². The van der Waals surface area contributed by atoms with Gasteiger partial charge >= 0.3 is 0 Å². The summed E-state index contributed by atoms with van der Waals surface area (Å²) in [7, 11) is -3.82. The first-order chi connectivity index (χ1) is 9.94. The molecule has 1 aromatic carbocycles. The van der Waals surface area contributed by atoms with Crippen molar-refractivity contribution in [1.82, 2.24) is 9.97 Å². The Bertz CT molecular complexity index is 838. The Morgan fingerprint density at radius 3 is 2.86 bits per heavy atom. The lowest BCUT2D eigenvalue weighted by atomic mass is 10.2. The van der Waals surface area contributed by atoms with Crippen LogP contribution in [-0.4, -0.2) is 24.3 Å². The fourth-order valence-corrected chi connectivity index (χ4v) is 3.14. The monoisotopic (exact) mass is 324 g/mol. The molecule has 1 aliphatic heterocycles. The van der Waals surface area contributed by atoms with Crippen LogP contribution in [0.15, 0.2) is 35.5 Å². The fraction of sp³-hybridized carbons (Fsp3) is 0.0833. The van der Waals surface area contributed by atoms with Crippen LogP contribution < -0.4 is 10.0 Å². The van der Waals surface area contributed by atoms with Gasteiger partial charge in [0, 0.05) is 5.69 Å². The topological polar surface area (TPSA) is 101 Å². The molecule has 9 heteroatoms. The quantitative estimate of drug-likeness (QED) is 0.889. The van der Waals surface area contributed by atoms with E-state index in [1.54, 1.807) is 6.07 Å². The van der Waals surface area contributed by atoms with E-state index in [9.17, 15) is 13.2 Å². The number of carbonyl (C=O) groups excluding carboxylic acids is 1. The van der Waals surface area contributed by atoms with Gasteiger partial charge in [0.2, 0.25) is 5.91 Å². The maximum Gasteiger partial charge on any atom is 0.263 e. The van der Waals surface area contributed by atoms with E-state index in [2.05, 4.69) is 20.0 Å². The van der Waals surface area contributed by atoms with E-state index < -0.39 is 10.0 Å². The summed E-state index contributed by atoms with van der Waals surface area (Å²) in [4.78, 5) is 18.9. The number of halogens is 1. The molecular formula is C12H9ClN4O3S. The molecule has 2 N–H and O–H groups in total. The SMILES string of the molecule is O=C1Cc2cc(S(=O)(=O)Nc3cncc(Cl)n3)ccc2N1. The minimum atomic E-state index is -3.82. The summed E-state index contributed by atoms with van der Waals surface area (Å²) in [6.45, 7) is 0. The number of nitrogens with zero attached hydrogens (tertiary/aromatic N) is 2. The zero-order chi connectivity index (χ0) is 15.0. The van der Waals surface area contributed by atoms with E-state index in [0.717, 1.165) is 0 Å². The van der Waals surface area contributed by atoms with Gasteiger partial charge in [-0.1, -0.05) is 11.6 Å². The molecule has 3 rings (SSSR count). The van der Waals surface area contributed by atoms with Gasteiger partial charge in [-0.15, -0.1) is 0 Å². The molecular weight excluding hydrogens is 316 g/mol. The summed E-state index contributed by atoms with van der Waals surface area (Å²) in [5, 5.41) is 2.72. The predicted octanol–water partition coefficient (Wildman–Crippen LogP) is 1.43. The van der Waals surface area contributed by atoms with Crippen molar-refractivity contribution in [2.45, 2.75) is 11.3 Å². The number of nitrogens with one attached hydrogen (secondary N) is 2. The van der Waals surface area contributed by atoms with Gasteiger partial charge in [0.1, 0.15) is 5.15 Å². The number of amides is 1. The summed E-state index contributed by atoms with van der Waals surface area (Å²) in [6.07, 6.45) is 2.71. The second kappa shape index (κ2) is 4.97. The van der Waals surface area contributed by atoms with Crippen molar-refractivity contribution >= 4 is 39.0 Å². The summed E-state index contributed by atoms with van der Waals surface area (Å²) in [5.74, 6) is -0.134. The molecule has 7 nitrogen and oxygen atoms in total. The van der Waals surface area contributed by atoms with E-state index in [0.29, 0.717) is 11.3 Å². The van der Waals surface area contributed by atoms with Crippen LogP contribution in [0.4, 0.5) is 11.5 Å². The average molecular weight is 325 g/mol. The van der Waals surface area contributed by atoms with Crippen molar-refractivity contribution in [1.29, 1.82) is 0 Å². The first kappa shape index (κ1) is 13.8. The van der Waals surface area contributed by atoms with Crippen LogP contribution in [0, 0.1) is 0 Å². The van der Waals surface area contributed by atoms with Crippen molar-refractivity contribution in [3.05, 3.63) is 41.3 Å². The number of hydrogen-bond acceptors (Lipinski definition) is 5. The normalized spacial score (nSPS) is 13.7. The second-order valence-corrected chi connectivity index (χ2v) is 6.45. The number of carbonyl (C=O) groups is 1. The van der Waals surface area contributed by atoms with Gasteiger partial charge in [-0.25, -0.2) is 13.4 Å². The van der Waals surface area contributed by atoms with E-state index >= 15 is 0 Å². The van der Waals surface area contributed by atoms with Crippen LogP contribution >= 0.6 is 11.6 Å². The minimum absolute atomic E-state index is 0.0252. The largest absolute Gasteiger partial charge is 0.326 e. The second-order valence-electron chi connectivity index (χ2n) is 4.38. The third-order valence-corrected chi connectivity index (χ3v) is 4.39. The third-order valence-electron chi connectivity index (χ3n) is 2.86. The van der Waals surface area contributed by atoms with Gasteiger partial charge < -0.3 is 5.32 Å². The van der Waals surface area contributed by atoms with Gasteiger partial charge in [0.05, 0.1) is 23.7 Å². The number of fused-ring (bicyclic) bond motifs is 1. The Morgan fingerprint density at radius 2 is 2.10 bits per heavy atom. The Hall–Kier alpha value is -2.19. The lowest BCUT2D eigenvalue weighted by molar-refractivity contribution is -0.115. The minimum Gasteiger partial charge on any atom is -0.326 e. The summed E-state index contributed by atoms with van der Waals surface area (Å²) in [6, 6.07) is 4.41. The van der Waals surface area contributed by atoms with Gasteiger partial charge in [-0.3, -0.25) is 14.5 Å². The van der Waals surface area contributed by atoms with Crippen LogP contribution in [0.3, 0.4) is 0 Å². The van der Waals surface area contributed by atoms with Gasteiger partial charge in [0.15, 0.2) is 5.82 Å². The molecule has 21 heavy (non-hydrogen) atoms. The molecule has 1 aliphatic rings. The summed E-state index contributed by atoms with van der Waals surface area (Å²) >= 11 is 5.66. The van der Waals surface area contributed by atoms with Crippen LogP contribution in [0.1, 0.15) is 5.56 Å². The van der Waals surface area contributed by atoms with Gasteiger partial charge in [0.25, 0.3) is 10.0 Å². The molecule has 0 fully saturated rings. The molecule has 1 aromatic heterocycles. The fourth-order valence-electron chi connectivity index (χ4n) is 1.96. The Balaban J connectivity index is 1.92. The highest BCUT2D eigenvalue weighted by Gasteiger charge is 2.22. The smallest absolute Gasteiger partial charge is 0.263 e. The maximum atomic E-state index is 12.3. The highest BCUT2D eigenvalue weighted by molar-refractivity contribution is 7.92. The molecule has 1 amide bonds. The van der Waals surface area contributed by atoms with Crippen molar-refractivity contribution in [2.24, 2.45) is 0 Å². The first-order valence-electron chi connectivity index (χ1n) is 5.87. The van der Waals surface area contributed by atoms with E-state index in [-0.39, 0.29) is 28.2 Å². The Kier molecular flexibility index (Phi) is 3.26. The Labute approximate surface area is 125 Å². The summed E-state index contributed by atoms with van der Waals surface area (Å²) in [5.41, 5.74) is 1.27. The first-order valence-corrected chi connectivity index (χ1v) is 7.73. The molecule has 0 atom stereocenters. The van der Waals surface area contributed by atoms with Gasteiger partial charge in [-0.05, 0) is 23.8 Å². The average Bonchev–Trinajstić information content (AvgIpc) is 2.77. The lowest BCUT2D eigenvalue weighted by Crippen LogP contribution is -2.14. The molecule has 0 saturated carbocycles. The molecule has 0 unspecified atom stereocenters. The molecule has 0 saturated heterocycles. The molecule has 0 bridgehead atoms. The number of rotatable bonds is 3. The zero-order valence-electron chi connectivity index (χ0n) is 10.5. The van der Waals surface area contributed by atoms with Crippen LogP contribution in [-0.2, 0) is 21.2 Å². The number of sulfonamides is 1. The molecule has 108 valence electrons. The molecule has 2 heterocycles. The number of aromatic nitrogens is 2. The number of anilines is 2. The van der Waals surface area contributed by atoms with Crippen molar-refractivity contribution in [3.63, 3.8) is 0 Å². The Morgan fingerprint density at radius 1 is 1.29 bits per heavy atom. The summed E-state index contributed by atoms with van der Waals surface area (Å²) < 4.78 is 26.8. The third kappa shape index (κ3) is 2.81.